The fourth-order valence-corrected chi connectivity index (χ4v) is 2.06. The standard InChI is InChI=1S/C11H12Cl2N2O/c12-6-1-4-8(9(13)5-6)10(11(14)16)15-7-2-3-7/h1,4-5,7,10,15H,2-3H2,(H2,14,16). The number of rotatable bonds is 4. The van der Waals surface area contributed by atoms with Gasteiger partial charge in [0.25, 0.3) is 0 Å². The molecule has 3 N–H and O–H groups in total. The number of carbonyl (C=O) groups excluding carboxylic acids is 1. The zero-order valence-corrected chi connectivity index (χ0v) is 10.1. The molecule has 1 fully saturated rings. The molecule has 1 unspecified atom stereocenters. The number of nitrogens with two attached hydrogens (primary N) is 1. The van der Waals surface area contributed by atoms with Crippen LogP contribution in [0.15, 0.2) is 18.2 Å². The maximum Gasteiger partial charge on any atom is 0.239 e. The lowest BCUT2D eigenvalue weighted by atomic mass is 10.1. The van der Waals surface area contributed by atoms with E-state index in [2.05, 4.69) is 5.32 Å². The molecule has 5 heteroatoms. The highest BCUT2D eigenvalue weighted by molar-refractivity contribution is 6.35. The van der Waals surface area contributed by atoms with E-state index in [1.165, 1.54) is 0 Å². The first-order valence-corrected chi connectivity index (χ1v) is 5.84. The van der Waals surface area contributed by atoms with Gasteiger partial charge < -0.3 is 5.73 Å². The number of nitrogens with one attached hydrogen (secondary N) is 1. The van der Waals surface area contributed by atoms with E-state index >= 15 is 0 Å². The first-order valence-electron chi connectivity index (χ1n) is 5.08. The first-order chi connectivity index (χ1) is 7.58. The van der Waals surface area contributed by atoms with Crippen LogP contribution in [0.1, 0.15) is 24.4 Å². The van der Waals surface area contributed by atoms with E-state index in [-0.39, 0.29) is 0 Å². The van der Waals surface area contributed by atoms with Gasteiger partial charge in [-0.2, -0.15) is 0 Å². The summed E-state index contributed by atoms with van der Waals surface area (Å²) in [4.78, 5) is 11.4. The van der Waals surface area contributed by atoms with Crippen molar-refractivity contribution in [2.24, 2.45) is 5.73 Å². The Morgan fingerprint density at radius 3 is 2.62 bits per heavy atom. The van der Waals surface area contributed by atoms with E-state index in [9.17, 15) is 4.79 Å². The maximum atomic E-state index is 11.4. The van der Waals surface area contributed by atoms with Crippen LogP contribution < -0.4 is 11.1 Å². The van der Waals surface area contributed by atoms with E-state index in [0.717, 1.165) is 12.8 Å². The van der Waals surface area contributed by atoms with Crippen molar-refractivity contribution in [3.8, 4) is 0 Å². The van der Waals surface area contributed by atoms with Crippen LogP contribution >= 0.6 is 23.2 Å². The van der Waals surface area contributed by atoms with Gasteiger partial charge in [-0.1, -0.05) is 29.3 Å². The largest absolute Gasteiger partial charge is 0.368 e. The summed E-state index contributed by atoms with van der Waals surface area (Å²) < 4.78 is 0. The number of carbonyl (C=O) groups is 1. The van der Waals surface area contributed by atoms with Crippen molar-refractivity contribution in [1.29, 1.82) is 0 Å². The molecule has 1 atom stereocenters. The summed E-state index contributed by atoms with van der Waals surface area (Å²) in [6.07, 6.45) is 2.16. The van der Waals surface area contributed by atoms with Crippen LogP contribution in [0.5, 0.6) is 0 Å². The lowest BCUT2D eigenvalue weighted by Gasteiger charge is -2.16. The Balaban J connectivity index is 2.26. The van der Waals surface area contributed by atoms with Crippen molar-refractivity contribution in [1.82, 2.24) is 5.32 Å². The number of amides is 1. The van der Waals surface area contributed by atoms with E-state index in [4.69, 9.17) is 28.9 Å². The second-order valence-corrected chi connectivity index (χ2v) is 4.79. The predicted molar refractivity (Wildman–Crippen MR) is 64.6 cm³/mol. The van der Waals surface area contributed by atoms with Crippen LogP contribution in [-0.4, -0.2) is 11.9 Å². The predicted octanol–water partition coefficient (Wildman–Crippen LogP) is 2.27. The molecule has 1 amide bonds. The Kier molecular flexibility index (Phi) is 3.38. The van der Waals surface area contributed by atoms with Gasteiger partial charge in [-0.05, 0) is 30.5 Å². The topological polar surface area (TPSA) is 55.1 Å². The third kappa shape index (κ3) is 2.67. The van der Waals surface area contributed by atoms with Gasteiger partial charge in [-0.3, -0.25) is 10.1 Å². The van der Waals surface area contributed by atoms with Crippen LogP contribution in [0.2, 0.25) is 10.0 Å². The molecule has 1 aliphatic rings. The van der Waals surface area contributed by atoms with E-state index < -0.39 is 11.9 Å². The molecule has 1 aliphatic carbocycles. The zero-order chi connectivity index (χ0) is 11.7. The minimum absolute atomic E-state index is 0.379. The lowest BCUT2D eigenvalue weighted by Crippen LogP contribution is -2.35. The summed E-state index contributed by atoms with van der Waals surface area (Å²) in [7, 11) is 0. The van der Waals surface area contributed by atoms with Gasteiger partial charge in [-0.15, -0.1) is 0 Å². The smallest absolute Gasteiger partial charge is 0.239 e. The molecule has 0 saturated heterocycles. The molecule has 0 spiro atoms. The molecule has 0 heterocycles. The Hall–Kier alpha value is -0.770. The summed E-state index contributed by atoms with van der Waals surface area (Å²) in [6.45, 7) is 0. The molecule has 0 aromatic heterocycles. The molecule has 1 aromatic rings. The van der Waals surface area contributed by atoms with Crippen LogP contribution in [-0.2, 0) is 4.79 Å². The van der Waals surface area contributed by atoms with Crippen LogP contribution in [0.25, 0.3) is 0 Å². The number of halogens is 2. The van der Waals surface area contributed by atoms with Crippen molar-refractivity contribution in [2.45, 2.75) is 24.9 Å². The fourth-order valence-electron chi connectivity index (χ4n) is 1.55. The first kappa shape index (κ1) is 11.7. The molecule has 1 saturated carbocycles. The third-order valence-corrected chi connectivity index (χ3v) is 3.10. The molecule has 0 bridgehead atoms. The fraction of sp³-hybridized carbons (Fsp3) is 0.364. The molecule has 3 nitrogen and oxygen atoms in total. The minimum Gasteiger partial charge on any atom is -0.368 e. The van der Waals surface area contributed by atoms with Crippen molar-refractivity contribution >= 4 is 29.1 Å². The number of hydrogen-bond donors (Lipinski definition) is 2. The van der Waals surface area contributed by atoms with Gasteiger partial charge >= 0.3 is 0 Å². The molecule has 2 rings (SSSR count). The quantitative estimate of drug-likeness (QED) is 0.871. The van der Waals surface area contributed by atoms with E-state index in [1.54, 1.807) is 18.2 Å². The third-order valence-electron chi connectivity index (χ3n) is 2.54. The summed E-state index contributed by atoms with van der Waals surface area (Å²) >= 11 is 11.8. The average Bonchev–Trinajstić information content (AvgIpc) is 2.98. The number of primary amides is 1. The van der Waals surface area contributed by atoms with Gasteiger partial charge in [0.2, 0.25) is 5.91 Å². The van der Waals surface area contributed by atoms with Crippen molar-refractivity contribution < 1.29 is 4.79 Å². The highest BCUT2D eigenvalue weighted by atomic mass is 35.5. The van der Waals surface area contributed by atoms with Gasteiger partial charge in [-0.25, -0.2) is 0 Å². The Morgan fingerprint density at radius 2 is 2.12 bits per heavy atom. The highest BCUT2D eigenvalue weighted by Gasteiger charge is 2.29. The summed E-state index contributed by atoms with van der Waals surface area (Å²) in [6, 6.07) is 4.90. The van der Waals surface area contributed by atoms with Crippen molar-refractivity contribution in [3.63, 3.8) is 0 Å². The average molecular weight is 259 g/mol. The summed E-state index contributed by atoms with van der Waals surface area (Å²) in [5, 5.41) is 4.17. The molecule has 0 aliphatic heterocycles. The van der Waals surface area contributed by atoms with E-state index in [1.807, 2.05) is 0 Å². The second kappa shape index (κ2) is 4.62. The van der Waals surface area contributed by atoms with Crippen molar-refractivity contribution in [3.05, 3.63) is 33.8 Å². The number of benzene rings is 1. The molecular formula is C11H12Cl2N2O. The van der Waals surface area contributed by atoms with Crippen LogP contribution in [0.4, 0.5) is 0 Å². The normalized spacial score (nSPS) is 17.1. The molecule has 1 aromatic carbocycles. The summed E-state index contributed by atoms with van der Waals surface area (Å²) in [5.74, 6) is -0.420. The highest BCUT2D eigenvalue weighted by Crippen LogP contribution is 2.29. The molecule has 0 radical (unpaired) electrons. The van der Waals surface area contributed by atoms with E-state index in [0.29, 0.717) is 21.7 Å². The molecule has 86 valence electrons. The van der Waals surface area contributed by atoms with Gasteiger partial charge in [0.05, 0.1) is 0 Å². The van der Waals surface area contributed by atoms with Crippen LogP contribution in [0.3, 0.4) is 0 Å². The maximum absolute atomic E-state index is 11.4. The lowest BCUT2D eigenvalue weighted by molar-refractivity contribution is -0.120. The van der Waals surface area contributed by atoms with Gasteiger partial charge in [0.15, 0.2) is 0 Å². The Labute approximate surface area is 104 Å². The minimum atomic E-state index is -0.530. The molecular weight excluding hydrogens is 247 g/mol. The van der Waals surface area contributed by atoms with Crippen molar-refractivity contribution in [2.75, 3.05) is 0 Å². The number of hydrogen-bond acceptors (Lipinski definition) is 2. The zero-order valence-electron chi connectivity index (χ0n) is 8.54. The van der Waals surface area contributed by atoms with Gasteiger partial charge in [0.1, 0.15) is 6.04 Å². The second-order valence-electron chi connectivity index (χ2n) is 3.94. The Bertz CT molecular complexity index is 418. The SMILES string of the molecule is NC(=O)C(NC1CC1)c1ccc(Cl)cc1Cl. The molecule has 16 heavy (non-hydrogen) atoms. The Morgan fingerprint density at radius 1 is 1.44 bits per heavy atom. The van der Waals surface area contributed by atoms with Crippen LogP contribution in [0, 0.1) is 0 Å². The van der Waals surface area contributed by atoms with Gasteiger partial charge in [0, 0.05) is 16.1 Å². The summed E-state index contributed by atoms with van der Waals surface area (Å²) in [5.41, 5.74) is 6.04. The monoisotopic (exact) mass is 258 g/mol.